The number of hydrogen-bond acceptors (Lipinski definition) is 3. The van der Waals surface area contributed by atoms with Gasteiger partial charge in [0.1, 0.15) is 0 Å². The zero-order valence-corrected chi connectivity index (χ0v) is 11.9. The Morgan fingerprint density at radius 1 is 1.09 bits per heavy atom. The van der Waals surface area contributed by atoms with Gasteiger partial charge in [0.2, 0.25) is 0 Å². The number of nitro benzene ring substituents is 1. The summed E-state index contributed by atoms with van der Waals surface area (Å²) in [4.78, 5) is 22.3. The normalized spacial score (nSPS) is 10.6. The predicted octanol–water partition coefficient (Wildman–Crippen LogP) is 3.39. The van der Waals surface area contributed by atoms with E-state index in [0.29, 0.717) is 22.0 Å². The number of halogens is 1. The summed E-state index contributed by atoms with van der Waals surface area (Å²) in [5.41, 5.74) is 1.51. The Morgan fingerprint density at radius 3 is 2.41 bits per heavy atom. The topological polar surface area (TPSA) is 80.9 Å². The highest BCUT2D eigenvalue weighted by Gasteiger charge is 2.11. The number of para-hydroxylation sites is 1. The molecule has 1 aromatic heterocycles. The van der Waals surface area contributed by atoms with Crippen LogP contribution in [0.5, 0.6) is 0 Å². The van der Waals surface area contributed by atoms with Crippen LogP contribution in [-0.4, -0.2) is 14.7 Å². The van der Waals surface area contributed by atoms with Gasteiger partial charge in [0.05, 0.1) is 21.3 Å². The molecule has 0 radical (unpaired) electrons. The van der Waals surface area contributed by atoms with E-state index in [9.17, 15) is 14.9 Å². The first kappa shape index (κ1) is 14.1. The minimum absolute atomic E-state index is 0.00312. The van der Waals surface area contributed by atoms with Crippen LogP contribution in [0.1, 0.15) is 0 Å². The van der Waals surface area contributed by atoms with E-state index in [-0.39, 0.29) is 11.2 Å². The minimum Gasteiger partial charge on any atom is -0.290 e. The molecule has 0 saturated carbocycles. The van der Waals surface area contributed by atoms with E-state index in [1.165, 1.54) is 22.9 Å². The predicted molar refractivity (Wildman–Crippen MR) is 83.5 cm³/mol. The lowest BCUT2D eigenvalue weighted by atomic mass is 10.1. The number of hydrogen-bond donors (Lipinski definition) is 1. The maximum Gasteiger partial charge on any atom is 0.271 e. The highest BCUT2D eigenvalue weighted by atomic mass is 35.5. The maximum absolute atomic E-state index is 12.1. The van der Waals surface area contributed by atoms with Crippen LogP contribution in [0.2, 0.25) is 5.02 Å². The number of nitrogens with zero attached hydrogens (tertiary/aromatic N) is 2. The maximum atomic E-state index is 12.1. The molecule has 0 bridgehead atoms. The third-order valence-corrected chi connectivity index (χ3v) is 3.52. The molecule has 3 aromatic rings. The second-order valence-electron chi connectivity index (χ2n) is 4.60. The van der Waals surface area contributed by atoms with E-state index < -0.39 is 4.92 Å². The molecule has 0 aliphatic carbocycles. The Labute approximate surface area is 129 Å². The Balaban J connectivity index is 2.04. The largest absolute Gasteiger partial charge is 0.290 e. The molecule has 0 atom stereocenters. The summed E-state index contributed by atoms with van der Waals surface area (Å²) in [6.45, 7) is 0. The second kappa shape index (κ2) is 5.50. The summed E-state index contributed by atoms with van der Waals surface area (Å²) in [5.74, 6) is 0. The highest BCUT2D eigenvalue weighted by Crippen LogP contribution is 2.22. The van der Waals surface area contributed by atoms with Gasteiger partial charge in [0.25, 0.3) is 11.2 Å². The van der Waals surface area contributed by atoms with Gasteiger partial charge >= 0.3 is 0 Å². The van der Waals surface area contributed by atoms with Crippen molar-refractivity contribution in [1.29, 1.82) is 0 Å². The van der Waals surface area contributed by atoms with Crippen molar-refractivity contribution in [2.45, 2.75) is 0 Å². The number of aromatic amines is 1. The van der Waals surface area contributed by atoms with Gasteiger partial charge in [0.15, 0.2) is 0 Å². The second-order valence-corrected chi connectivity index (χ2v) is 5.01. The van der Waals surface area contributed by atoms with Crippen molar-refractivity contribution >= 4 is 17.3 Å². The van der Waals surface area contributed by atoms with Gasteiger partial charge in [-0.1, -0.05) is 23.7 Å². The van der Waals surface area contributed by atoms with Crippen LogP contribution >= 0.6 is 11.6 Å². The molecular formula is C15H10ClN3O3. The molecule has 0 unspecified atom stereocenters. The van der Waals surface area contributed by atoms with Gasteiger partial charge in [-0.3, -0.25) is 20.0 Å². The molecule has 0 aliphatic rings. The molecule has 0 fully saturated rings. The van der Waals surface area contributed by atoms with Gasteiger partial charge in [-0.25, -0.2) is 4.68 Å². The zero-order chi connectivity index (χ0) is 15.7. The number of nitrogens with one attached hydrogen (secondary N) is 1. The van der Waals surface area contributed by atoms with Crippen molar-refractivity contribution in [3.8, 4) is 16.9 Å². The molecule has 0 saturated heterocycles. The fourth-order valence-electron chi connectivity index (χ4n) is 2.12. The van der Waals surface area contributed by atoms with E-state index in [2.05, 4.69) is 5.10 Å². The first-order valence-corrected chi connectivity index (χ1v) is 6.76. The average molecular weight is 316 g/mol. The molecular weight excluding hydrogens is 306 g/mol. The molecule has 0 spiro atoms. The van der Waals surface area contributed by atoms with Crippen molar-refractivity contribution in [2.75, 3.05) is 0 Å². The van der Waals surface area contributed by atoms with Gasteiger partial charge in [0, 0.05) is 23.8 Å². The number of benzene rings is 2. The Hall–Kier alpha value is -2.86. The van der Waals surface area contributed by atoms with Crippen molar-refractivity contribution in [3.05, 3.63) is 80.1 Å². The average Bonchev–Trinajstić information content (AvgIpc) is 2.90. The van der Waals surface area contributed by atoms with Crippen molar-refractivity contribution < 1.29 is 4.92 Å². The Morgan fingerprint density at radius 2 is 1.77 bits per heavy atom. The van der Waals surface area contributed by atoms with Crippen LogP contribution in [-0.2, 0) is 0 Å². The van der Waals surface area contributed by atoms with Gasteiger partial charge in [-0.2, -0.15) is 0 Å². The number of rotatable bonds is 3. The fraction of sp³-hybridized carbons (Fsp3) is 0. The van der Waals surface area contributed by atoms with Crippen LogP contribution in [0.3, 0.4) is 0 Å². The molecule has 7 heteroatoms. The summed E-state index contributed by atoms with van der Waals surface area (Å²) in [6.07, 6.45) is 0. The molecule has 2 aromatic carbocycles. The van der Waals surface area contributed by atoms with Crippen molar-refractivity contribution in [1.82, 2.24) is 9.78 Å². The van der Waals surface area contributed by atoms with E-state index in [1.807, 2.05) is 0 Å². The third kappa shape index (κ3) is 2.51. The molecule has 6 nitrogen and oxygen atoms in total. The number of aromatic nitrogens is 2. The minimum atomic E-state index is -0.471. The van der Waals surface area contributed by atoms with Crippen LogP contribution in [0.4, 0.5) is 5.69 Å². The fourth-order valence-corrected chi connectivity index (χ4v) is 2.34. The van der Waals surface area contributed by atoms with Crippen LogP contribution in [0.25, 0.3) is 16.9 Å². The van der Waals surface area contributed by atoms with E-state index in [0.717, 1.165) is 0 Å². The first-order valence-electron chi connectivity index (χ1n) is 6.38. The standard InChI is InChI=1S/C15H10ClN3O3/c16-12-3-1-2-4-14(12)18-15(20)9-13(17-18)10-5-7-11(8-6-10)19(21)22/h1-9,17H. The van der Waals surface area contributed by atoms with Crippen molar-refractivity contribution in [3.63, 3.8) is 0 Å². The Bertz CT molecular complexity index is 897. The molecule has 3 rings (SSSR count). The van der Waals surface area contributed by atoms with Gasteiger partial charge in [-0.05, 0) is 24.3 Å². The van der Waals surface area contributed by atoms with E-state index in [4.69, 9.17) is 11.6 Å². The lowest BCUT2D eigenvalue weighted by Gasteiger charge is -2.04. The molecule has 0 aliphatic heterocycles. The lowest BCUT2D eigenvalue weighted by molar-refractivity contribution is -0.384. The summed E-state index contributed by atoms with van der Waals surface area (Å²) in [7, 11) is 0. The summed E-state index contributed by atoms with van der Waals surface area (Å²) in [5, 5.41) is 14.1. The van der Waals surface area contributed by atoms with Crippen LogP contribution < -0.4 is 5.56 Å². The summed E-state index contributed by atoms with van der Waals surface area (Å²) in [6, 6.07) is 14.3. The molecule has 22 heavy (non-hydrogen) atoms. The number of H-pyrrole nitrogens is 1. The van der Waals surface area contributed by atoms with E-state index >= 15 is 0 Å². The van der Waals surface area contributed by atoms with Crippen LogP contribution in [0.15, 0.2) is 59.4 Å². The molecule has 0 amide bonds. The molecule has 1 N–H and O–H groups in total. The summed E-state index contributed by atoms with van der Waals surface area (Å²) < 4.78 is 1.33. The highest BCUT2D eigenvalue weighted by molar-refractivity contribution is 6.32. The zero-order valence-electron chi connectivity index (χ0n) is 11.2. The van der Waals surface area contributed by atoms with Gasteiger partial charge in [-0.15, -0.1) is 0 Å². The Kier molecular flexibility index (Phi) is 3.52. The SMILES string of the molecule is O=c1cc(-c2ccc([N+](=O)[O-])cc2)[nH]n1-c1ccccc1Cl. The van der Waals surface area contributed by atoms with E-state index in [1.54, 1.807) is 36.4 Å². The number of nitro groups is 1. The van der Waals surface area contributed by atoms with Crippen LogP contribution in [0, 0.1) is 10.1 Å². The third-order valence-electron chi connectivity index (χ3n) is 3.20. The first-order chi connectivity index (χ1) is 10.6. The monoisotopic (exact) mass is 315 g/mol. The smallest absolute Gasteiger partial charge is 0.271 e. The number of non-ortho nitro benzene ring substituents is 1. The molecule has 110 valence electrons. The molecule has 1 heterocycles. The van der Waals surface area contributed by atoms with Gasteiger partial charge < -0.3 is 0 Å². The quantitative estimate of drug-likeness (QED) is 0.594. The van der Waals surface area contributed by atoms with Crippen molar-refractivity contribution in [2.24, 2.45) is 0 Å². The lowest BCUT2D eigenvalue weighted by Crippen LogP contribution is -2.13. The summed E-state index contributed by atoms with van der Waals surface area (Å²) >= 11 is 6.09.